The van der Waals surface area contributed by atoms with Crippen LogP contribution in [0.25, 0.3) is 11.1 Å². The summed E-state index contributed by atoms with van der Waals surface area (Å²) in [6.45, 7) is 33.1. The van der Waals surface area contributed by atoms with Gasteiger partial charge in [-0.25, -0.2) is 0 Å². The van der Waals surface area contributed by atoms with Crippen LogP contribution in [-0.2, 0) is 21.7 Å². The highest BCUT2D eigenvalue weighted by Crippen LogP contribution is 2.62. The van der Waals surface area contributed by atoms with Gasteiger partial charge >= 0.3 is 0 Å². The van der Waals surface area contributed by atoms with E-state index in [9.17, 15) is 0 Å². The summed E-state index contributed by atoms with van der Waals surface area (Å²) in [6, 6.07) is 52.5. The maximum absolute atomic E-state index is 2.85. The molecule has 7 aromatic carbocycles. The summed E-state index contributed by atoms with van der Waals surface area (Å²) in [4.78, 5) is 8.08. The highest BCUT2D eigenvalue weighted by Gasteiger charge is 2.61. The van der Waals surface area contributed by atoms with Gasteiger partial charge < -0.3 is 14.7 Å². The Balaban J connectivity index is 1.23. The first-order valence-corrected chi connectivity index (χ1v) is 25.8. The first-order valence-electron chi connectivity index (χ1n) is 25.8. The predicted molar refractivity (Wildman–Crippen MR) is 299 cm³/mol. The molecule has 0 radical (unpaired) electrons. The Morgan fingerprint density at radius 2 is 1.12 bits per heavy atom. The number of fused-ring (bicyclic) bond motifs is 7. The lowest BCUT2D eigenvalue weighted by Crippen LogP contribution is -2.64. The lowest BCUT2D eigenvalue weighted by atomic mass is 9.33. The van der Waals surface area contributed by atoms with E-state index < -0.39 is 0 Å². The molecule has 1 fully saturated rings. The van der Waals surface area contributed by atoms with E-state index in [0.717, 1.165) is 5.69 Å². The molecule has 7 aromatic rings. The molecule has 0 bridgehead atoms. The van der Waals surface area contributed by atoms with Crippen molar-refractivity contribution in [3.8, 4) is 11.1 Å². The summed E-state index contributed by atoms with van der Waals surface area (Å²) < 4.78 is 0. The summed E-state index contributed by atoms with van der Waals surface area (Å²) in [5, 5.41) is 0. The van der Waals surface area contributed by atoms with Gasteiger partial charge in [-0.05, 0) is 166 Å². The third-order valence-electron chi connectivity index (χ3n) is 17.1. The number of rotatable bonds is 5. The van der Waals surface area contributed by atoms with E-state index in [4.69, 9.17) is 0 Å². The van der Waals surface area contributed by atoms with E-state index in [0.29, 0.717) is 0 Å². The fourth-order valence-corrected chi connectivity index (χ4v) is 13.0. The van der Waals surface area contributed by atoms with Gasteiger partial charge in [0, 0.05) is 50.8 Å². The van der Waals surface area contributed by atoms with E-state index in [1.165, 1.54) is 132 Å². The molecule has 4 heteroatoms. The molecule has 0 aromatic heterocycles. The van der Waals surface area contributed by atoms with Crippen LogP contribution in [0, 0.1) is 20.8 Å². The monoisotopic (exact) mass is 906 g/mol. The molecule has 0 spiro atoms. The number of benzene rings is 7. The Morgan fingerprint density at radius 3 is 1.74 bits per heavy atom. The predicted octanol–water partition coefficient (Wildman–Crippen LogP) is 16.0. The van der Waals surface area contributed by atoms with E-state index in [-0.39, 0.29) is 33.9 Å². The Labute approximate surface area is 414 Å². The van der Waals surface area contributed by atoms with Gasteiger partial charge in [-0.3, -0.25) is 0 Å². The SMILES string of the molecule is Cc1cc2c3c(c1)N1c4c(cccc4C4(C)CCCCC14C)B3c1ccc(N(c3ccc(C(C)(C)C)cc3C)c3ccc(C(C)(C)C)cc3C)cc1N2c1ccc(C(C)(C)C)cc1-c1ccccc1. The molecule has 2 unspecified atom stereocenters. The molecule has 0 saturated heterocycles. The van der Waals surface area contributed by atoms with Crippen LogP contribution in [-0.4, -0.2) is 12.3 Å². The number of para-hydroxylation sites is 1. The summed E-state index contributed by atoms with van der Waals surface area (Å²) in [5.41, 5.74) is 26.3. The van der Waals surface area contributed by atoms with Gasteiger partial charge in [-0.1, -0.05) is 167 Å². The minimum absolute atomic E-state index is 0.0246. The number of hydrogen-bond acceptors (Lipinski definition) is 3. The lowest BCUT2D eigenvalue weighted by Gasteiger charge is -2.53. The molecule has 0 N–H and O–H groups in total. The number of nitrogens with zero attached hydrogens (tertiary/aromatic N) is 3. The van der Waals surface area contributed by atoms with Gasteiger partial charge in [0.1, 0.15) is 0 Å². The fourth-order valence-electron chi connectivity index (χ4n) is 13.0. The van der Waals surface area contributed by atoms with Gasteiger partial charge in [0.05, 0.1) is 11.2 Å². The summed E-state index contributed by atoms with van der Waals surface area (Å²) in [6.07, 6.45) is 4.93. The quantitative estimate of drug-likeness (QED) is 0.159. The molecular formula is C65H72BN3. The molecule has 1 saturated carbocycles. The third-order valence-corrected chi connectivity index (χ3v) is 17.1. The number of anilines is 8. The van der Waals surface area contributed by atoms with Gasteiger partial charge in [-0.15, -0.1) is 0 Å². The van der Waals surface area contributed by atoms with Gasteiger partial charge in [0.15, 0.2) is 0 Å². The van der Waals surface area contributed by atoms with Crippen LogP contribution in [0.2, 0.25) is 0 Å². The molecule has 3 nitrogen and oxygen atoms in total. The Morgan fingerprint density at radius 1 is 0.522 bits per heavy atom. The molecule has 3 heterocycles. The molecule has 3 aliphatic heterocycles. The topological polar surface area (TPSA) is 9.72 Å². The van der Waals surface area contributed by atoms with Crippen molar-refractivity contribution in [2.45, 2.75) is 150 Å². The first kappa shape index (κ1) is 45.4. The maximum atomic E-state index is 2.85. The minimum Gasteiger partial charge on any atom is -0.335 e. The number of aryl methyl sites for hydroxylation is 3. The van der Waals surface area contributed by atoms with Crippen molar-refractivity contribution in [3.63, 3.8) is 0 Å². The molecular weight excluding hydrogens is 834 g/mol. The summed E-state index contributed by atoms with van der Waals surface area (Å²) in [7, 11) is 0. The Hall–Kier alpha value is -6.00. The molecule has 4 aliphatic rings. The average molecular weight is 906 g/mol. The zero-order valence-corrected chi connectivity index (χ0v) is 43.9. The molecule has 11 rings (SSSR count). The maximum Gasteiger partial charge on any atom is 0.252 e. The van der Waals surface area contributed by atoms with Crippen molar-refractivity contribution in [2.75, 3.05) is 14.7 Å². The van der Waals surface area contributed by atoms with E-state index >= 15 is 0 Å². The Kier molecular flexibility index (Phi) is 10.2. The smallest absolute Gasteiger partial charge is 0.252 e. The summed E-state index contributed by atoms with van der Waals surface area (Å²) >= 11 is 0. The highest BCUT2D eigenvalue weighted by molar-refractivity contribution is 7.00. The van der Waals surface area contributed by atoms with Crippen LogP contribution in [0.1, 0.15) is 141 Å². The van der Waals surface area contributed by atoms with E-state index in [1.807, 2.05) is 0 Å². The van der Waals surface area contributed by atoms with Gasteiger partial charge in [0.25, 0.3) is 6.71 Å². The van der Waals surface area contributed by atoms with E-state index in [2.05, 4.69) is 245 Å². The van der Waals surface area contributed by atoms with Crippen LogP contribution >= 0.6 is 0 Å². The molecule has 1 aliphatic carbocycles. The standard InChI is InChI=1S/C65H72BN3/c1-41-35-57-59-58(36-41)69-60-50(64(13)33-18-19-34-65(64,69)14)23-20-24-52(60)66(59)51-29-28-48(40-56(51)68(57)55-32-27-47(63(10,11)12)39-49(55)44-21-16-15-17-22-44)67(53-30-25-45(37-42(53)2)61(4,5)6)54-31-26-46(38-43(54)3)62(7,8)9/h15-17,20-32,35-40H,18-19,33-34H2,1-14H3. The number of hydrogen-bond donors (Lipinski definition) is 0. The van der Waals surface area contributed by atoms with Crippen molar-refractivity contribution in [2.24, 2.45) is 0 Å². The van der Waals surface area contributed by atoms with Crippen LogP contribution in [0.3, 0.4) is 0 Å². The minimum atomic E-state index is -0.0317. The van der Waals surface area contributed by atoms with Crippen LogP contribution < -0.4 is 31.1 Å². The second-order valence-corrected chi connectivity index (χ2v) is 24.8. The molecule has 350 valence electrons. The van der Waals surface area contributed by atoms with Crippen molar-refractivity contribution in [3.05, 3.63) is 172 Å². The second-order valence-electron chi connectivity index (χ2n) is 24.8. The average Bonchev–Trinajstić information content (AvgIpc) is 3.51. The van der Waals surface area contributed by atoms with Gasteiger partial charge in [0.2, 0.25) is 0 Å². The van der Waals surface area contributed by atoms with E-state index in [1.54, 1.807) is 0 Å². The molecule has 69 heavy (non-hydrogen) atoms. The van der Waals surface area contributed by atoms with Crippen molar-refractivity contribution >= 4 is 68.6 Å². The third kappa shape index (κ3) is 6.89. The molecule has 0 amide bonds. The Bertz CT molecular complexity index is 3150. The van der Waals surface area contributed by atoms with Crippen LogP contribution in [0.4, 0.5) is 45.5 Å². The summed E-state index contributed by atoms with van der Waals surface area (Å²) in [5.74, 6) is 0. The highest BCUT2D eigenvalue weighted by atomic mass is 15.3. The van der Waals surface area contributed by atoms with Crippen molar-refractivity contribution < 1.29 is 0 Å². The lowest BCUT2D eigenvalue weighted by molar-refractivity contribution is 0.195. The van der Waals surface area contributed by atoms with Crippen LogP contribution in [0.5, 0.6) is 0 Å². The van der Waals surface area contributed by atoms with Crippen molar-refractivity contribution in [1.82, 2.24) is 0 Å². The second kappa shape index (κ2) is 15.5. The fraction of sp³-hybridized carbons (Fsp3) is 0.354. The first-order chi connectivity index (χ1) is 32.6. The van der Waals surface area contributed by atoms with Crippen LogP contribution in [0.15, 0.2) is 133 Å². The zero-order chi connectivity index (χ0) is 48.7. The zero-order valence-electron chi connectivity index (χ0n) is 43.9. The van der Waals surface area contributed by atoms with Gasteiger partial charge in [-0.2, -0.15) is 0 Å². The van der Waals surface area contributed by atoms with Crippen molar-refractivity contribution in [1.29, 1.82) is 0 Å². The molecule has 2 atom stereocenters. The largest absolute Gasteiger partial charge is 0.335 e. The normalized spacial score (nSPS) is 19.2.